The molecular formula is C22H35N3O. The molecule has 3 N–H and O–H groups in total. The average molecular weight is 358 g/mol. The summed E-state index contributed by atoms with van der Waals surface area (Å²) in [6, 6.07) is 4.55. The molecule has 0 radical (unpaired) electrons. The zero-order chi connectivity index (χ0) is 18.2. The van der Waals surface area contributed by atoms with Crippen molar-refractivity contribution in [3.8, 4) is 0 Å². The Morgan fingerprint density at radius 1 is 1.12 bits per heavy atom. The third-order valence-corrected chi connectivity index (χ3v) is 6.05. The Morgan fingerprint density at radius 3 is 2.73 bits per heavy atom. The summed E-state index contributed by atoms with van der Waals surface area (Å²) in [4.78, 5) is 12.1. The topological polar surface area (TPSA) is 53.2 Å². The van der Waals surface area contributed by atoms with Gasteiger partial charge in [0.05, 0.1) is 0 Å². The zero-order valence-corrected chi connectivity index (χ0v) is 16.3. The fourth-order valence-corrected chi connectivity index (χ4v) is 4.52. The van der Waals surface area contributed by atoms with Gasteiger partial charge < -0.3 is 16.0 Å². The Balaban J connectivity index is 1.44. The minimum absolute atomic E-state index is 0.292. The monoisotopic (exact) mass is 357 g/mol. The first-order chi connectivity index (χ1) is 12.8. The molecule has 1 aliphatic heterocycles. The fraction of sp³-hybridized carbons (Fsp3) is 0.682. The zero-order valence-electron chi connectivity index (χ0n) is 16.3. The molecule has 1 saturated carbocycles. The quantitative estimate of drug-likeness (QED) is 0.625. The van der Waals surface area contributed by atoms with E-state index in [2.05, 4.69) is 28.1 Å². The smallest absolute Gasteiger partial charge is 0.223 e. The highest BCUT2D eigenvalue weighted by Crippen LogP contribution is 2.27. The molecule has 144 valence electrons. The highest BCUT2D eigenvalue weighted by molar-refractivity contribution is 5.78. The Labute approximate surface area is 158 Å². The van der Waals surface area contributed by atoms with E-state index in [9.17, 15) is 4.79 Å². The van der Waals surface area contributed by atoms with E-state index in [4.69, 9.17) is 0 Å². The summed E-state index contributed by atoms with van der Waals surface area (Å²) < 4.78 is 0. The van der Waals surface area contributed by atoms with Crippen LogP contribution in [0.4, 0.5) is 5.69 Å². The minimum Gasteiger partial charge on any atom is -0.388 e. The van der Waals surface area contributed by atoms with E-state index in [-0.39, 0.29) is 0 Å². The fourth-order valence-electron chi connectivity index (χ4n) is 4.52. The van der Waals surface area contributed by atoms with Crippen LogP contribution < -0.4 is 16.0 Å². The SMILES string of the molecule is CNc1ccc2c(c1CCCCCNC(=O)C1CCCC1)CCNCC2. The minimum atomic E-state index is 0.292. The maximum Gasteiger partial charge on any atom is 0.223 e. The molecule has 0 spiro atoms. The van der Waals surface area contributed by atoms with Gasteiger partial charge in [-0.1, -0.05) is 25.3 Å². The van der Waals surface area contributed by atoms with Crippen molar-refractivity contribution in [2.24, 2.45) is 5.92 Å². The van der Waals surface area contributed by atoms with Crippen LogP contribution in [-0.4, -0.2) is 32.6 Å². The van der Waals surface area contributed by atoms with Gasteiger partial charge >= 0.3 is 0 Å². The number of carbonyl (C=O) groups excluding carboxylic acids is 1. The molecule has 1 amide bonds. The Hall–Kier alpha value is -1.55. The summed E-state index contributed by atoms with van der Waals surface area (Å²) in [6.07, 6.45) is 11.5. The summed E-state index contributed by atoms with van der Waals surface area (Å²) in [7, 11) is 2.03. The van der Waals surface area contributed by atoms with Crippen molar-refractivity contribution < 1.29 is 4.79 Å². The van der Waals surface area contributed by atoms with E-state index in [1.54, 1.807) is 5.56 Å². The Kier molecular flexibility index (Phi) is 7.36. The van der Waals surface area contributed by atoms with Crippen molar-refractivity contribution in [2.45, 2.75) is 64.2 Å². The van der Waals surface area contributed by atoms with Crippen molar-refractivity contribution in [3.63, 3.8) is 0 Å². The van der Waals surface area contributed by atoms with Gasteiger partial charge in [-0.15, -0.1) is 0 Å². The molecule has 1 aromatic carbocycles. The maximum absolute atomic E-state index is 12.1. The predicted molar refractivity (Wildman–Crippen MR) is 109 cm³/mol. The molecule has 2 aliphatic rings. The Bertz CT molecular complexity index is 593. The molecule has 0 bridgehead atoms. The van der Waals surface area contributed by atoms with Crippen LogP contribution in [0.3, 0.4) is 0 Å². The van der Waals surface area contributed by atoms with Crippen molar-refractivity contribution in [1.82, 2.24) is 10.6 Å². The van der Waals surface area contributed by atoms with Crippen LogP contribution in [0.15, 0.2) is 12.1 Å². The largest absolute Gasteiger partial charge is 0.388 e. The number of amides is 1. The summed E-state index contributed by atoms with van der Waals surface area (Å²) in [6.45, 7) is 3.01. The van der Waals surface area contributed by atoms with Crippen LogP contribution in [-0.2, 0) is 24.1 Å². The van der Waals surface area contributed by atoms with Gasteiger partial charge in [0, 0.05) is 25.2 Å². The van der Waals surface area contributed by atoms with Gasteiger partial charge in [0.2, 0.25) is 5.91 Å². The van der Waals surface area contributed by atoms with E-state index in [1.165, 1.54) is 42.5 Å². The van der Waals surface area contributed by atoms with Crippen molar-refractivity contribution >= 4 is 11.6 Å². The number of fused-ring (bicyclic) bond motifs is 1. The molecule has 1 aliphatic carbocycles. The van der Waals surface area contributed by atoms with E-state index < -0.39 is 0 Å². The van der Waals surface area contributed by atoms with Gasteiger partial charge in [0.15, 0.2) is 0 Å². The summed E-state index contributed by atoms with van der Waals surface area (Å²) >= 11 is 0. The number of anilines is 1. The first-order valence-electron chi connectivity index (χ1n) is 10.6. The molecule has 0 aromatic heterocycles. The normalized spacial score (nSPS) is 17.6. The molecule has 4 nitrogen and oxygen atoms in total. The molecule has 1 aromatic rings. The van der Waals surface area contributed by atoms with Crippen molar-refractivity contribution in [1.29, 1.82) is 0 Å². The van der Waals surface area contributed by atoms with Gasteiger partial charge in [-0.05, 0) is 80.8 Å². The van der Waals surface area contributed by atoms with E-state index >= 15 is 0 Å². The van der Waals surface area contributed by atoms with Gasteiger partial charge in [-0.25, -0.2) is 0 Å². The summed E-state index contributed by atoms with van der Waals surface area (Å²) in [5.74, 6) is 0.586. The first-order valence-corrected chi connectivity index (χ1v) is 10.6. The number of hydrogen-bond donors (Lipinski definition) is 3. The number of benzene rings is 1. The highest BCUT2D eigenvalue weighted by Gasteiger charge is 2.21. The second kappa shape index (κ2) is 9.96. The maximum atomic E-state index is 12.1. The van der Waals surface area contributed by atoms with E-state index in [1.807, 2.05) is 7.05 Å². The molecule has 26 heavy (non-hydrogen) atoms. The standard InChI is InChI=1S/C22H35N3O/c1-23-21-11-10-17-12-15-24-16-13-19(17)20(21)9-3-2-6-14-25-22(26)18-7-4-5-8-18/h10-11,18,23-24H,2-9,12-16H2,1H3,(H,25,26). The van der Waals surface area contributed by atoms with Crippen LogP contribution in [0, 0.1) is 5.92 Å². The van der Waals surface area contributed by atoms with Crippen LogP contribution in [0.25, 0.3) is 0 Å². The lowest BCUT2D eigenvalue weighted by molar-refractivity contribution is -0.124. The van der Waals surface area contributed by atoms with Gasteiger partial charge in [-0.3, -0.25) is 4.79 Å². The number of nitrogens with one attached hydrogen (secondary N) is 3. The predicted octanol–water partition coefficient (Wildman–Crippen LogP) is 3.44. The van der Waals surface area contributed by atoms with Crippen molar-refractivity contribution in [3.05, 3.63) is 28.8 Å². The lowest BCUT2D eigenvalue weighted by atomic mass is 9.92. The van der Waals surface area contributed by atoms with Gasteiger partial charge in [-0.2, -0.15) is 0 Å². The average Bonchev–Trinajstić information content (AvgIpc) is 3.09. The number of rotatable bonds is 8. The van der Waals surface area contributed by atoms with Gasteiger partial charge in [0.25, 0.3) is 0 Å². The van der Waals surface area contributed by atoms with Crippen LogP contribution in [0.1, 0.15) is 61.6 Å². The van der Waals surface area contributed by atoms with Crippen LogP contribution in [0.5, 0.6) is 0 Å². The molecular weight excluding hydrogens is 322 g/mol. The molecule has 0 saturated heterocycles. The third-order valence-electron chi connectivity index (χ3n) is 6.05. The van der Waals surface area contributed by atoms with Crippen molar-refractivity contribution in [2.75, 3.05) is 32.0 Å². The second-order valence-corrected chi connectivity index (χ2v) is 7.81. The first kappa shape index (κ1) is 19.2. The second-order valence-electron chi connectivity index (χ2n) is 7.81. The number of unbranched alkanes of at least 4 members (excludes halogenated alkanes) is 2. The number of carbonyl (C=O) groups is 1. The molecule has 1 fully saturated rings. The van der Waals surface area contributed by atoms with Crippen LogP contribution in [0.2, 0.25) is 0 Å². The van der Waals surface area contributed by atoms with E-state index in [0.29, 0.717) is 11.8 Å². The molecule has 3 rings (SSSR count). The Morgan fingerprint density at radius 2 is 1.92 bits per heavy atom. The third kappa shape index (κ3) is 5.00. The summed E-state index contributed by atoms with van der Waals surface area (Å²) in [5.41, 5.74) is 5.90. The van der Waals surface area contributed by atoms with Gasteiger partial charge in [0.1, 0.15) is 0 Å². The molecule has 0 atom stereocenters. The molecule has 1 heterocycles. The van der Waals surface area contributed by atoms with Crippen LogP contribution >= 0.6 is 0 Å². The summed E-state index contributed by atoms with van der Waals surface area (Å²) in [5, 5.41) is 10.0. The lowest BCUT2D eigenvalue weighted by Crippen LogP contribution is -2.30. The molecule has 0 unspecified atom stereocenters. The van der Waals surface area contributed by atoms with E-state index in [0.717, 1.165) is 58.2 Å². The lowest BCUT2D eigenvalue weighted by Gasteiger charge is -2.17. The number of hydrogen-bond acceptors (Lipinski definition) is 3. The highest BCUT2D eigenvalue weighted by atomic mass is 16.1. The molecule has 4 heteroatoms.